The van der Waals surface area contributed by atoms with Gasteiger partial charge in [0.05, 0.1) is 28.7 Å². The number of amides is 1. The molecule has 1 aliphatic rings. The maximum absolute atomic E-state index is 12.8. The molecule has 6 nitrogen and oxygen atoms in total. The zero-order valence-corrected chi connectivity index (χ0v) is 17.7. The Bertz CT molecular complexity index is 904. The molecular formula is C20H23ClF3N5O. The third-order valence-electron chi connectivity index (χ3n) is 4.90. The fraction of sp³-hybridized carbons (Fsp3) is 0.500. The molecule has 3 heterocycles. The van der Waals surface area contributed by atoms with Crippen LogP contribution in [0.2, 0.25) is 5.02 Å². The summed E-state index contributed by atoms with van der Waals surface area (Å²) < 4.78 is 38.3. The van der Waals surface area contributed by atoms with Crippen LogP contribution >= 0.6 is 11.6 Å². The number of aromatic nitrogens is 3. The van der Waals surface area contributed by atoms with Gasteiger partial charge < -0.3 is 10.2 Å². The number of nitrogens with zero attached hydrogens (tertiary/aromatic N) is 4. The average molecular weight is 442 g/mol. The zero-order chi connectivity index (χ0) is 22.1. The van der Waals surface area contributed by atoms with Gasteiger partial charge in [-0.25, -0.2) is 15.0 Å². The van der Waals surface area contributed by atoms with E-state index >= 15 is 0 Å². The van der Waals surface area contributed by atoms with Crippen molar-refractivity contribution in [2.24, 2.45) is 5.92 Å². The second-order valence-corrected chi connectivity index (χ2v) is 8.73. The minimum Gasteiger partial charge on any atom is -0.355 e. The predicted octanol–water partition coefficient (Wildman–Crippen LogP) is 4.70. The summed E-state index contributed by atoms with van der Waals surface area (Å²) in [6.45, 7) is 6.95. The third-order valence-corrected chi connectivity index (χ3v) is 5.18. The van der Waals surface area contributed by atoms with Crippen LogP contribution in [0.1, 0.15) is 45.0 Å². The summed E-state index contributed by atoms with van der Waals surface area (Å²) in [5, 5.41) is 2.78. The number of piperidine rings is 1. The van der Waals surface area contributed by atoms with Crippen molar-refractivity contribution in [1.82, 2.24) is 15.0 Å². The number of hydrogen-bond acceptors (Lipinski definition) is 5. The van der Waals surface area contributed by atoms with E-state index in [-0.39, 0.29) is 22.3 Å². The molecule has 0 radical (unpaired) electrons. The summed E-state index contributed by atoms with van der Waals surface area (Å²) in [4.78, 5) is 26.8. The van der Waals surface area contributed by atoms with Gasteiger partial charge in [0.2, 0.25) is 5.91 Å². The van der Waals surface area contributed by atoms with Crippen LogP contribution < -0.4 is 10.2 Å². The largest absolute Gasteiger partial charge is 0.417 e. The lowest BCUT2D eigenvalue weighted by molar-refractivity contribution is -0.137. The molecule has 0 atom stereocenters. The van der Waals surface area contributed by atoms with Crippen LogP contribution in [0.15, 0.2) is 24.7 Å². The van der Waals surface area contributed by atoms with Gasteiger partial charge in [-0.05, 0) is 18.9 Å². The lowest BCUT2D eigenvalue weighted by Gasteiger charge is -2.32. The fourth-order valence-corrected chi connectivity index (χ4v) is 3.48. The Hall–Kier alpha value is -2.42. The van der Waals surface area contributed by atoms with Gasteiger partial charge in [0.15, 0.2) is 0 Å². The number of halogens is 4. The third kappa shape index (κ3) is 5.19. The van der Waals surface area contributed by atoms with Crippen LogP contribution in [0.25, 0.3) is 0 Å². The first-order chi connectivity index (χ1) is 13.9. The van der Waals surface area contributed by atoms with E-state index in [0.29, 0.717) is 43.3 Å². The number of alkyl halides is 3. The highest BCUT2D eigenvalue weighted by Crippen LogP contribution is 2.34. The molecule has 1 N–H and O–H groups in total. The van der Waals surface area contributed by atoms with Gasteiger partial charge in [-0.3, -0.25) is 4.79 Å². The first-order valence-electron chi connectivity index (χ1n) is 9.56. The minimum atomic E-state index is -4.49. The maximum Gasteiger partial charge on any atom is 0.417 e. The number of carbonyl (C=O) groups is 1. The molecule has 1 saturated heterocycles. The fourth-order valence-electron chi connectivity index (χ4n) is 3.20. The zero-order valence-electron chi connectivity index (χ0n) is 16.9. The van der Waals surface area contributed by atoms with Crippen molar-refractivity contribution < 1.29 is 18.0 Å². The van der Waals surface area contributed by atoms with E-state index in [0.717, 1.165) is 12.3 Å². The van der Waals surface area contributed by atoms with Crippen LogP contribution in [-0.4, -0.2) is 33.9 Å². The molecule has 0 unspecified atom stereocenters. The number of nitrogens with one attached hydrogen (secondary N) is 1. The second kappa shape index (κ2) is 8.37. The normalized spacial score (nSPS) is 15.9. The smallest absolute Gasteiger partial charge is 0.355 e. The molecule has 0 saturated carbocycles. The van der Waals surface area contributed by atoms with E-state index in [1.807, 2.05) is 20.8 Å². The van der Waals surface area contributed by atoms with E-state index in [9.17, 15) is 18.0 Å². The van der Waals surface area contributed by atoms with Gasteiger partial charge in [-0.15, -0.1) is 0 Å². The van der Waals surface area contributed by atoms with E-state index < -0.39 is 11.7 Å². The van der Waals surface area contributed by atoms with Crippen LogP contribution in [-0.2, 0) is 16.4 Å². The molecule has 10 heteroatoms. The average Bonchev–Trinajstić information content (AvgIpc) is 2.67. The van der Waals surface area contributed by atoms with Crippen molar-refractivity contribution >= 4 is 29.0 Å². The lowest BCUT2D eigenvalue weighted by Crippen LogP contribution is -2.38. The molecule has 2 aromatic rings. The first-order valence-corrected chi connectivity index (χ1v) is 9.94. The van der Waals surface area contributed by atoms with Crippen molar-refractivity contribution in [1.29, 1.82) is 0 Å². The Morgan fingerprint density at radius 2 is 1.70 bits per heavy atom. The number of rotatable bonds is 3. The van der Waals surface area contributed by atoms with Crippen LogP contribution in [0.3, 0.4) is 0 Å². The molecule has 0 aromatic carbocycles. The van der Waals surface area contributed by atoms with Gasteiger partial charge in [0, 0.05) is 30.6 Å². The summed E-state index contributed by atoms with van der Waals surface area (Å²) in [6, 6.07) is 0.879. The van der Waals surface area contributed by atoms with E-state index in [2.05, 4.69) is 20.3 Å². The molecular weight excluding hydrogens is 419 g/mol. The summed E-state index contributed by atoms with van der Waals surface area (Å²) in [7, 11) is 0. The molecule has 162 valence electrons. The molecule has 0 aliphatic carbocycles. The summed E-state index contributed by atoms with van der Waals surface area (Å²) >= 11 is 6.02. The van der Waals surface area contributed by atoms with E-state index in [4.69, 9.17) is 11.6 Å². The number of pyridine rings is 1. The summed E-state index contributed by atoms with van der Waals surface area (Å²) in [5.41, 5.74) is -0.531. The van der Waals surface area contributed by atoms with Crippen molar-refractivity contribution in [2.45, 2.75) is 45.2 Å². The van der Waals surface area contributed by atoms with Crippen LogP contribution in [0.5, 0.6) is 0 Å². The Balaban J connectivity index is 1.58. The lowest BCUT2D eigenvalue weighted by atomic mass is 9.95. The topological polar surface area (TPSA) is 71.0 Å². The minimum absolute atomic E-state index is 0.0520. The van der Waals surface area contributed by atoms with Gasteiger partial charge in [-0.2, -0.15) is 13.2 Å². The Labute approximate surface area is 177 Å². The van der Waals surface area contributed by atoms with E-state index in [1.165, 1.54) is 0 Å². The molecule has 30 heavy (non-hydrogen) atoms. The van der Waals surface area contributed by atoms with Gasteiger partial charge in [0.1, 0.15) is 11.6 Å². The highest BCUT2D eigenvalue weighted by Gasteiger charge is 2.33. The highest BCUT2D eigenvalue weighted by molar-refractivity contribution is 6.33. The molecule has 1 aliphatic heterocycles. The number of hydrogen-bond donors (Lipinski definition) is 1. The monoisotopic (exact) mass is 441 g/mol. The Morgan fingerprint density at radius 3 is 2.20 bits per heavy atom. The van der Waals surface area contributed by atoms with Crippen molar-refractivity contribution in [3.05, 3.63) is 41.1 Å². The van der Waals surface area contributed by atoms with Crippen LogP contribution in [0.4, 0.5) is 24.7 Å². The summed E-state index contributed by atoms with van der Waals surface area (Å²) in [6.07, 6.45) is 0.535. The number of anilines is 2. The molecule has 2 aromatic heterocycles. The SMILES string of the molecule is CC(C)(C)c1ncc(NC(=O)C2CCN(c3ncc(C(F)(F)F)cc3Cl)CC2)cn1. The van der Waals surface area contributed by atoms with E-state index in [1.54, 1.807) is 17.3 Å². The summed E-state index contributed by atoms with van der Waals surface area (Å²) in [5.74, 6) is 0.634. The number of carbonyl (C=O) groups excluding carboxylic acids is 1. The second-order valence-electron chi connectivity index (χ2n) is 8.32. The molecule has 0 spiro atoms. The highest BCUT2D eigenvalue weighted by atomic mass is 35.5. The van der Waals surface area contributed by atoms with Crippen molar-refractivity contribution in [3.8, 4) is 0 Å². The quantitative estimate of drug-likeness (QED) is 0.747. The maximum atomic E-state index is 12.8. The molecule has 1 amide bonds. The van der Waals surface area contributed by atoms with Crippen molar-refractivity contribution in [3.63, 3.8) is 0 Å². The molecule has 1 fully saturated rings. The molecule has 0 bridgehead atoms. The Morgan fingerprint density at radius 1 is 1.10 bits per heavy atom. The van der Waals surface area contributed by atoms with Gasteiger partial charge in [-0.1, -0.05) is 32.4 Å². The molecule has 3 rings (SSSR count). The predicted molar refractivity (Wildman–Crippen MR) is 109 cm³/mol. The standard InChI is InChI=1S/C20H23ClF3N5O/c1-19(2,3)18-26-10-14(11-27-18)28-17(30)12-4-6-29(7-5-12)16-15(21)8-13(9-25-16)20(22,23)24/h8-12H,4-7H2,1-3H3,(H,28,30). The first kappa shape index (κ1) is 22.3. The Kier molecular flexibility index (Phi) is 6.21. The van der Waals surface area contributed by atoms with Crippen molar-refractivity contribution in [2.75, 3.05) is 23.3 Å². The van der Waals surface area contributed by atoms with Crippen LogP contribution in [0, 0.1) is 5.92 Å². The van der Waals surface area contributed by atoms with Gasteiger partial charge in [0.25, 0.3) is 0 Å². The van der Waals surface area contributed by atoms with Gasteiger partial charge >= 0.3 is 6.18 Å².